The molecule has 0 aliphatic heterocycles. The van der Waals surface area contributed by atoms with Crippen molar-refractivity contribution in [2.45, 2.75) is 32.7 Å². The second-order valence-electron chi connectivity index (χ2n) is 3.45. The summed E-state index contributed by atoms with van der Waals surface area (Å²) in [6, 6.07) is 1.96. The minimum atomic E-state index is 0.0187. The Kier molecular flexibility index (Phi) is 5.39. The molecule has 1 unspecified atom stereocenters. The number of furan rings is 1. The van der Waals surface area contributed by atoms with E-state index in [9.17, 15) is 0 Å². The number of aryl methyl sites for hydroxylation is 1. The maximum absolute atomic E-state index is 5.50. The van der Waals surface area contributed by atoms with E-state index in [0.717, 1.165) is 30.8 Å². The van der Waals surface area contributed by atoms with Crippen LogP contribution in [0, 0.1) is 0 Å². The molecule has 0 radical (unpaired) electrons. The molecule has 1 atom stereocenters. The molecule has 0 aliphatic carbocycles. The lowest BCUT2D eigenvalue weighted by atomic mass is 10.1. The molecule has 0 bridgehead atoms. The van der Waals surface area contributed by atoms with Crippen molar-refractivity contribution in [1.29, 1.82) is 0 Å². The zero-order valence-electron chi connectivity index (χ0n) is 9.45. The van der Waals surface area contributed by atoms with Gasteiger partial charge >= 0.3 is 0 Å². The minimum absolute atomic E-state index is 0.0187. The second kappa shape index (κ2) is 6.61. The lowest BCUT2D eigenvalue weighted by Gasteiger charge is -2.15. The molecule has 15 heavy (non-hydrogen) atoms. The Morgan fingerprint density at radius 2 is 2.33 bits per heavy atom. The molecule has 86 valence electrons. The summed E-state index contributed by atoms with van der Waals surface area (Å²) >= 11 is 0. The highest BCUT2D eigenvalue weighted by atomic mass is 16.5. The smallest absolute Gasteiger partial charge is 0.108 e. The highest BCUT2D eigenvalue weighted by molar-refractivity contribution is 5.21. The van der Waals surface area contributed by atoms with Gasteiger partial charge in [0.05, 0.1) is 18.9 Å². The van der Waals surface area contributed by atoms with Crippen LogP contribution >= 0.6 is 0 Å². The molecule has 0 aromatic carbocycles. The first-order valence-corrected chi connectivity index (χ1v) is 5.43. The SMILES string of the molecule is CCCOCC(NN)c1ccoc1CC. The third-order valence-electron chi connectivity index (χ3n) is 2.31. The van der Waals surface area contributed by atoms with E-state index in [1.807, 2.05) is 6.07 Å². The van der Waals surface area contributed by atoms with Crippen LogP contribution in [-0.4, -0.2) is 13.2 Å². The third kappa shape index (κ3) is 3.34. The van der Waals surface area contributed by atoms with Crippen molar-refractivity contribution in [2.24, 2.45) is 5.84 Å². The monoisotopic (exact) mass is 212 g/mol. The zero-order chi connectivity index (χ0) is 11.1. The van der Waals surface area contributed by atoms with Crippen LogP contribution in [0.2, 0.25) is 0 Å². The van der Waals surface area contributed by atoms with Gasteiger partial charge in [0.2, 0.25) is 0 Å². The Hall–Kier alpha value is -0.840. The van der Waals surface area contributed by atoms with Gasteiger partial charge in [0.1, 0.15) is 5.76 Å². The molecule has 1 rings (SSSR count). The molecule has 3 N–H and O–H groups in total. The largest absolute Gasteiger partial charge is 0.469 e. The summed E-state index contributed by atoms with van der Waals surface area (Å²) in [6.07, 6.45) is 3.58. The molecule has 0 saturated carbocycles. The molecule has 1 aromatic rings. The van der Waals surface area contributed by atoms with Crippen molar-refractivity contribution in [3.05, 3.63) is 23.7 Å². The van der Waals surface area contributed by atoms with E-state index in [1.165, 1.54) is 0 Å². The first-order valence-electron chi connectivity index (χ1n) is 5.43. The van der Waals surface area contributed by atoms with E-state index in [1.54, 1.807) is 6.26 Å². The lowest BCUT2D eigenvalue weighted by molar-refractivity contribution is 0.111. The van der Waals surface area contributed by atoms with Crippen LogP contribution in [0.25, 0.3) is 0 Å². The van der Waals surface area contributed by atoms with Crippen LogP contribution in [0.1, 0.15) is 37.6 Å². The average Bonchev–Trinajstić information content (AvgIpc) is 2.72. The van der Waals surface area contributed by atoms with Crippen molar-refractivity contribution in [2.75, 3.05) is 13.2 Å². The minimum Gasteiger partial charge on any atom is -0.469 e. The molecule has 0 aliphatic rings. The summed E-state index contributed by atoms with van der Waals surface area (Å²) in [7, 11) is 0. The number of nitrogens with two attached hydrogens (primary N) is 1. The molecule has 1 aromatic heterocycles. The van der Waals surface area contributed by atoms with Crippen LogP contribution in [0.15, 0.2) is 16.7 Å². The molecule has 1 heterocycles. The number of nitrogens with one attached hydrogen (secondary N) is 1. The highest BCUT2D eigenvalue weighted by Crippen LogP contribution is 2.19. The van der Waals surface area contributed by atoms with E-state index in [0.29, 0.717) is 6.61 Å². The number of rotatable bonds is 7. The highest BCUT2D eigenvalue weighted by Gasteiger charge is 2.15. The molecule has 4 nitrogen and oxygen atoms in total. The average molecular weight is 212 g/mol. The normalized spacial score (nSPS) is 13.0. The van der Waals surface area contributed by atoms with Gasteiger partial charge < -0.3 is 9.15 Å². The van der Waals surface area contributed by atoms with Gasteiger partial charge in [-0.2, -0.15) is 0 Å². The Morgan fingerprint density at radius 1 is 1.53 bits per heavy atom. The molecule has 4 heteroatoms. The first-order chi connectivity index (χ1) is 7.33. The summed E-state index contributed by atoms with van der Waals surface area (Å²) in [5.41, 5.74) is 3.85. The van der Waals surface area contributed by atoms with Gasteiger partial charge in [-0.3, -0.25) is 11.3 Å². The fourth-order valence-electron chi connectivity index (χ4n) is 1.52. The van der Waals surface area contributed by atoms with Crippen LogP contribution in [0.5, 0.6) is 0 Å². The van der Waals surface area contributed by atoms with E-state index in [-0.39, 0.29) is 6.04 Å². The fraction of sp³-hybridized carbons (Fsp3) is 0.636. The summed E-state index contributed by atoms with van der Waals surface area (Å²) in [5, 5.41) is 0. The van der Waals surface area contributed by atoms with E-state index >= 15 is 0 Å². The maximum Gasteiger partial charge on any atom is 0.108 e. The van der Waals surface area contributed by atoms with Crippen molar-refractivity contribution in [3.63, 3.8) is 0 Å². The topological polar surface area (TPSA) is 60.4 Å². The van der Waals surface area contributed by atoms with Crippen molar-refractivity contribution in [1.82, 2.24) is 5.43 Å². The predicted octanol–water partition coefficient (Wildman–Crippen LogP) is 1.77. The number of ether oxygens (including phenoxy) is 1. The van der Waals surface area contributed by atoms with Gasteiger partial charge in [0.15, 0.2) is 0 Å². The Morgan fingerprint density at radius 3 is 2.93 bits per heavy atom. The van der Waals surface area contributed by atoms with Gasteiger partial charge in [-0.05, 0) is 12.5 Å². The van der Waals surface area contributed by atoms with Crippen LogP contribution in [-0.2, 0) is 11.2 Å². The third-order valence-corrected chi connectivity index (χ3v) is 2.31. The lowest BCUT2D eigenvalue weighted by Crippen LogP contribution is -2.31. The number of hydrogen-bond donors (Lipinski definition) is 2. The number of hydrazine groups is 1. The predicted molar refractivity (Wildman–Crippen MR) is 59.3 cm³/mol. The number of hydrogen-bond acceptors (Lipinski definition) is 4. The molecular weight excluding hydrogens is 192 g/mol. The zero-order valence-corrected chi connectivity index (χ0v) is 9.45. The van der Waals surface area contributed by atoms with E-state index in [2.05, 4.69) is 19.3 Å². The molecule has 0 amide bonds. The molecule has 0 fully saturated rings. The molecule has 0 spiro atoms. The fourth-order valence-corrected chi connectivity index (χ4v) is 1.52. The quantitative estimate of drug-likeness (QED) is 0.411. The van der Waals surface area contributed by atoms with Crippen molar-refractivity contribution < 1.29 is 9.15 Å². The van der Waals surface area contributed by atoms with Crippen LogP contribution < -0.4 is 11.3 Å². The standard InChI is InChI=1S/C11H20N2O2/c1-3-6-14-8-10(13-12)9-5-7-15-11(9)4-2/h5,7,10,13H,3-4,6,8,12H2,1-2H3. The summed E-state index contributed by atoms with van der Waals surface area (Å²) in [6.45, 7) is 5.48. The Balaban J connectivity index is 2.57. The van der Waals surface area contributed by atoms with Crippen LogP contribution in [0.4, 0.5) is 0 Å². The second-order valence-corrected chi connectivity index (χ2v) is 3.45. The van der Waals surface area contributed by atoms with Gasteiger partial charge in [-0.25, -0.2) is 0 Å². The molecular formula is C11H20N2O2. The Bertz CT molecular complexity index is 273. The van der Waals surface area contributed by atoms with Gasteiger partial charge in [-0.1, -0.05) is 13.8 Å². The van der Waals surface area contributed by atoms with Gasteiger partial charge in [0.25, 0.3) is 0 Å². The van der Waals surface area contributed by atoms with Crippen LogP contribution in [0.3, 0.4) is 0 Å². The van der Waals surface area contributed by atoms with Gasteiger partial charge in [0, 0.05) is 18.6 Å². The van der Waals surface area contributed by atoms with Gasteiger partial charge in [-0.15, -0.1) is 0 Å². The summed E-state index contributed by atoms with van der Waals surface area (Å²) in [5.74, 6) is 6.47. The molecule has 0 saturated heterocycles. The van der Waals surface area contributed by atoms with E-state index < -0.39 is 0 Å². The van der Waals surface area contributed by atoms with Crippen molar-refractivity contribution >= 4 is 0 Å². The summed E-state index contributed by atoms with van der Waals surface area (Å²) < 4.78 is 10.8. The van der Waals surface area contributed by atoms with Crippen molar-refractivity contribution in [3.8, 4) is 0 Å². The maximum atomic E-state index is 5.50. The Labute approximate surface area is 90.8 Å². The first kappa shape index (κ1) is 12.2. The van der Waals surface area contributed by atoms with E-state index in [4.69, 9.17) is 15.0 Å². The summed E-state index contributed by atoms with van der Waals surface area (Å²) in [4.78, 5) is 0.